The highest BCUT2D eigenvalue weighted by atomic mass is 16.1. The molecule has 0 saturated carbocycles. The normalized spacial score (nSPS) is 10.8. The minimum Gasteiger partial charge on any atom is -0.361 e. The SMILES string of the molecule is CC(=O)c1cc2c(N(C)C)nc(C)cn2n1. The Morgan fingerprint density at radius 1 is 1.44 bits per heavy atom. The van der Waals surface area contributed by atoms with Gasteiger partial charge in [0.05, 0.1) is 11.9 Å². The molecule has 2 aromatic rings. The summed E-state index contributed by atoms with van der Waals surface area (Å²) in [5, 5.41) is 4.22. The van der Waals surface area contributed by atoms with Gasteiger partial charge >= 0.3 is 0 Å². The molecule has 0 fully saturated rings. The summed E-state index contributed by atoms with van der Waals surface area (Å²) in [6.07, 6.45) is 1.81. The lowest BCUT2D eigenvalue weighted by Crippen LogP contribution is -2.12. The Bertz CT molecular complexity index is 556. The molecule has 0 aromatic carbocycles. The van der Waals surface area contributed by atoms with E-state index in [1.807, 2.05) is 32.1 Å². The highest BCUT2D eigenvalue weighted by Crippen LogP contribution is 2.18. The molecular formula is C11H14N4O. The van der Waals surface area contributed by atoms with Crippen LogP contribution in [0.1, 0.15) is 23.1 Å². The summed E-state index contributed by atoms with van der Waals surface area (Å²) in [6, 6.07) is 1.77. The van der Waals surface area contributed by atoms with Crippen LogP contribution in [0.2, 0.25) is 0 Å². The molecule has 0 bridgehead atoms. The molecule has 5 heteroatoms. The third-order valence-corrected chi connectivity index (χ3v) is 2.34. The topological polar surface area (TPSA) is 50.5 Å². The fourth-order valence-electron chi connectivity index (χ4n) is 1.59. The monoisotopic (exact) mass is 218 g/mol. The first kappa shape index (κ1) is 10.6. The van der Waals surface area contributed by atoms with E-state index in [0.717, 1.165) is 17.0 Å². The van der Waals surface area contributed by atoms with Crippen LogP contribution < -0.4 is 4.90 Å². The summed E-state index contributed by atoms with van der Waals surface area (Å²) in [5.41, 5.74) is 2.19. The van der Waals surface area contributed by atoms with Crippen molar-refractivity contribution >= 4 is 17.1 Å². The number of hydrogen-bond acceptors (Lipinski definition) is 4. The Balaban J connectivity index is 2.75. The van der Waals surface area contributed by atoms with E-state index in [2.05, 4.69) is 10.1 Å². The molecule has 0 aliphatic rings. The highest BCUT2D eigenvalue weighted by Gasteiger charge is 2.12. The van der Waals surface area contributed by atoms with Crippen LogP contribution in [0.25, 0.3) is 5.52 Å². The zero-order valence-corrected chi connectivity index (χ0v) is 9.85. The van der Waals surface area contributed by atoms with Gasteiger partial charge < -0.3 is 4.90 Å². The van der Waals surface area contributed by atoms with E-state index in [1.54, 1.807) is 10.6 Å². The zero-order chi connectivity index (χ0) is 11.9. The predicted molar refractivity (Wildman–Crippen MR) is 62.1 cm³/mol. The standard InChI is InChI=1S/C11H14N4O/c1-7-6-15-10(11(12-7)14(3)4)5-9(13-15)8(2)16/h5-6H,1-4H3. The second-order valence-electron chi connectivity index (χ2n) is 4.02. The van der Waals surface area contributed by atoms with Crippen LogP contribution in [0, 0.1) is 6.92 Å². The fourth-order valence-corrected chi connectivity index (χ4v) is 1.59. The number of rotatable bonds is 2. The van der Waals surface area contributed by atoms with Crippen molar-refractivity contribution < 1.29 is 4.79 Å². The molecule has 0 amide bonds. The van der Waals surface area contributed by atoms with Gasteiger partial charge in [-0.3, -0.25) is 4.79 Å². The fraction of sp³-hybridized carbons (Fsp3) is 0.364. The van der Waals surface area contributed by atoms with Crippen LogP contribution in [0.15, 0.2) is 12.3 Å². The molecule has 0 aliphatic carbocycles. The lowest BCUT2D eigenvalue weighted by atomic mass is 10.3. The molecular weight excluding hydrogens is 204 g/mol. The number of carbonyl (C=O) groups is 1. The minimum atomic E-state index is -0.0361. The van der Waals surface area contributed by atoms with E-state index in [1.165, 1.54) is 6.92 Å². The molecule has 2 rings (SSSR count). The molecule has 0 atom stereocenters. The number of anilines is 1. The van der Waals surface area contributed by atoms with Gasteiger partial charge in [-0.1, -0.05) is 0 Å². The van der Waals surface area contributed by atoms with Crippen molar-refractivity contribution in [2.24, 2.45) is 0 Å². The summed E-state index contributed by atoms with van der Waals surface area (Å²) in [4.78, 5) is 17.6. The molecule has 0 unspecified atom stereocenters. The molecule has 0 radical (unpaired) electrons. The Hall–Kier alpha value is -1.91. The van der Waals surface area contributed by atoms with Crippen molar-refractivity contribution in [2.75, 3.05) is 19.0 Å². The molecule has 0 saturated heterocycles. The van der Waals surface area contributed by atoms with Crippen molar-refractivity contribution in [3.63, 3.8) is 0 Å². The maximum atomic E-state index is 11.3. The molecule has 0 spiro atoms. The number of ketones is 1. The number of Topliss-reactive ketones (excluding diaryl/α,β-unsaturated/α-hetero) is 1. The van der Waals surface area contributed by atoms with E-state index in [-0.39, 0.29) is 5.78 Å². The molecule has 2 heterocycles. The number of fused-ring (bicyclic) bond motifs is 1. The number of nitrogens with zero attached hydrogens (tertiary/aromatic N) is 4. The number of hydrogen-bond donors (Lipinski definition) is 0. The first-order chi connectivity index (χ1) is 7.49. The van der Waals surface area contributed by atoms with E-state index in [0.29, 0.717) is 5.69 Å². The molecule has 5 nitrogen and oxygen atoms in total. The van der Waals surface area contributed by atoms with Gasteiger partial charge in [-0.2, -0.15) is 5.10 Å². The van der Waals surface area contributed by atoms with E-state index >= 15 is 0 Å². The molecule has 16 heavy (non-hydrogen) atoms. The van der Waals surface area contributed by atoms with Gasteiger partial charge in [0.1, 0.15) is 11.2 Å². The Morgan fingerprint density at radius 2 is 2.12 bits per heavy atom. The Morgan fingerprint density at radius 3 is 2.69 bits per heavy atom. The van der Waals surface area contributed by atoms with E-state index in [4.69, 9.17) is 0 Å². The van der Waals surface area contributed by atoms with Crippen LogP contribution in [0.3, 0.4) is 0 Å². The number of aryl methyl sites for hydroxylation is 1. The molecule has 0 aliphatic heterocycles. The van der Waals surface area contributed by atoms with Gasteiger partial charge in [-0.25, -0.2) is 9.50 Å². The van der Waals surface area contributed by atoms with Crippen LogP contribution in [0.5, 0.6) is 0 Å². The average molecular weight is 218 g/mol. The predicted octanol–water partition coefficient (Wildman–Crippen LogP) is 1.31. The first-order valence-corrected chi connectivity index (χ1v) is 5.04. The number of aromatic nitrogens is 3. The lowest BCUT2D eigenvalue weighted by molar-refractivity contribution is 0.101. The van der Waals surface area contributed by atoms with Crippen molar-refractivity contribution in [3.05, 3.63) is 23.7 Å². The van der Waals surface area contributed by atoms with E-state index in [9.17, 15) is 4.79 Å². The quantitative estimate of drug-likeness (QED) is 0.713. The summed E-state index contributed by atoms with van der Waals surface area (Å²) < 4.78 is 1.70. The van der Waals surface area contributed by atoms with Gasteiger partial charge in [0.25, 0.3) is 0 Å². The van der Waals surface area contributed by atoms with Gasteiger partial charge in [0.2, 0.25) is 0 Å². The van der Waals surface area contributed by atoms with Crippen molar-refractivity contribution in [1.29, 1.82) is 0 Å². The molecule has 2 aromatic heterocycles. The average Bonchev–Trinajstić information content (AvgIpc) is 2.59. The van der Waals surface area contributed by atoms with Gasteiger partial charge in [-0.05, 0) is 13.0 Å². The van der Waals surface area contributed by atoms with Crippen LogP contribution in [-0.2, 0) is 0 Å². The second kappa shape index (κ2) is 3.59. The van der Waals surface area contributed by atoms with Crippen molar-refractivity contribution in [3.8, 4) is 0 Å². The smallest absolute Gasteiger partial charge is 0.180 e. The zero-order valence-electron chi connectivity index (χ0n) is 9.85. The van der Waals surface area contributed by atoms with Crippen molar-refractivity contribution in [1.82, 2.24) is 14.6 Å². The summed E-state index contributed by atoms with van der Waals surface area (Å²) in [5.74, 6) is 0.783. The summed E-state index contributed by atoms with van der Waals surface area (Å²) >= 11 is 0. The summed E-state index contributed by atoms with van der Waals surface area (Å²) in [7, 11) is 3.84. The first-order valence-electron chi connectivity index (χ1n) is 5.04. The largest absolute Gasteiger partial charge is 0.361 e. The number of carbonyl (C=O) groups excluding carboxylic acids is 1. The third-order valence-electron chi connectivity index (χ3n) is 2.34. The van der Waals surface area contributed by atoms with Gasteiger partial charge in [-0.15, -0.1) is 0 Å². The Labute approximate surface area is 93.7 Å². The van der Waals surface area contributed by atoms with E-state index < -0.39 is 0 Å². The van der Waals surface area contributed by atoms with Crippen LogP contribution >= 0.6 is 0 Å². The lowest BCUT2D eigenvalue weighted by Gasteiger charge is -2.12. The van der Waals surface area contributed by atoms with Gasteiger partial charge in [0, 0.05) is 21.0 Å². The molecule has 0 N–H and O–H groups in total. The van der Waals surface area contributed by atoms with Crippen LogP contribution in [-0.4, -0.2) is 34.5 Å². The molecule has 84 valence electrons. The highest BCUT2D eigenvalue weighted by molar-refractivity contribution is 5.94. The van der Waals surface area contributed by atoms with Gasteiger partial charge in [0.15, 0.2) is 11.6 Å². The Kier molecular flexibility index (Phi) is 2.38. The summed E-state index contributed by atoms with van der Waals surface area (Å²) in [6.45, 7) is 3.42. The third kappa shape index (κ3) is 1.64. The maximum Gasteiger partial charge on any atom is 0.180 e. The maximum absolute atomic E-state index is 11.3. The van der Waals surface area contributed by atoms with Crippen LogP contribution in [0.4, 0.5) is 5.82 Å². The van der Waals surface area contributed by atoms with Crippen molar-refractivity contribution in [2.45, 2.75) is 13.8 Å². The minimum absolute atomic E-state index is 0.0361. The second-order valence-corrected chi connectivity index (χ2v) is 4.02.